The fraction of sp³-hybridized carbons (Fsp3) is 0.913. The summed E-state index contributed by atoms with van der Waals surface area (Å²) >= 11 is 0. The summed E-state index contributed by atoms with van der Waals surface area (Å²) in [7, 11) is 1.17. The molecule has 0 rings (SSSR count). The van der Waals surface area contributed by atoms with Crippen LogP contribution in [0.3, 0.4) is 0 Å². The van der Waals surface area contributed by atoms with Crippen molar-refractivity contribution in [3.05, 3.63) is 12.2 Å². The minimum atomic E-state index is -4.62. The van der Waals surface area contributed by atoms with Gasteiger partial charge in [0.2, 0.25) is 0 Å². The Bertz CT molecular complexity index is 969. The number of rotatable bonds is 43. The molecule has 0 amide bonds. The van der Waals surface area contributed by atoms with Crippen molar-refractivity contribution in [2.45, 2.75) is 225 Å². The van der Waals surface area contributed by atoms with Gasteiger partial charge in [0.25, 0.3) is 7.82 Å². The van der Waals surface area contributed by atoms with Gasteiger partial charge in [-0.3, -0.25) is 14.2 Å². The smallest absolute Gasteiger partial charge is 0.306 e. The van der Waals surface area contributed by atoms with E-state index in [4.69, 9.17) is 18.5 Å². The summed E-state index contributed by atoms with van der Waals surface area (Å²) in [6.07, 6.45) is 40.9. The lowest BCUT2D eigenvalue weighted by molar-refractivity contribution is -0.870. The molecular formula is C46H90NO8P. The lowest BCUT2D eigenvalue weighted by Crippen LogP contribution is -2.37. The van der Waals surface area contributed by atoms with E-state index in [-0.39, 0.29) is 32.0 Å². The van der Waals surface area contributed by atoms with Crippen LogP contribution in [0.4, 0.5) is 0 Å². The lowest BCUT2D eigenvalue weighted by atomic mass is 10.0. The number of carbonyl (C=O) groups is 2. The largest absolute Gasteiger partial charge is 0.756 e. The van der Waals surface area contributed by atoms with Crippen molar-refractivity contribution in [1.82, 2.24) is 0 Å². The summed E-state index contributed by atoms with van der Waals surface area (Å²) < 4.78 is 33.9. The van der Waals surface area contributed by atoms with Crippen molar-refractivity contribution >= 4 is 19.8 Å². The van der Waals surface area contributed by atoms with Gasteiger partial charge in [0, 0.05) is 12.8 Å². The lowest BCUT2D eigenvalue weighted by Gasteiger charge is -2.28. The van der Waals surface area contributed by atoms with Crippen LogP contribution in [0.1, 0.15) is 219 Å². The second-order valence-corrected chi connectivity index (χ2v) is 18.5. The van der Waals surface area contributed by atoms with Crippen molar-refractivity contribution in [3.8, 4) is 0 Å². The molecule has 0 heterocycles. The van der Waals surface area contributed by atoms with E-state index in [9.17, 15) is 19.0 Å². The molecule has 0 aliphatic rings. The highest BCUT2D eigenvalue weighted by molar-refractivity contribution is 7.45. The van der Waals surface area contributed by atoms with Crippen LogP contribution in [0.25, 0.3) is 0 Å². The zero-order valence-electron chi connectivity index (χ0n) is 37.3. The van der Waals surface area contributed by atoms with Gasteiger partial charge in [0.1, 0.15) is 19.8 Å². The SMILES string of the molecule is CCCCCCCCCC/C=C\CCCCCC(=O)O[C@H](COC(=O)CCCCCCCCCCCCCCCCCCC)COP(=O)([O-])OCC[N+](C)(C)C. The van der Waals surface area contributed by atoms with Gasteiger partial charge in [-0.1, -0.05) is 180 Å². The topological polar surface area (TPSA) is 111 Å². The Morgan fingerprint density at radius 3 is 1.34 bits per heavy atom. The number of likely N-dealkylation sites (N-methyl/N-ethyl adjacent to an activating group) is 1. The zero-order chi connectivity index (χ0) is 41.4. The molecule has 1 unspecified atom stereocenters. The number of allylic oxidation sites excluding steroid dienone is 2. The first-order valence-corrected chi connectivity index (χ1v) is 24.9. The van der Waals surface area contributed by atoms with Gasteiger partial charge in [0.15, 0.2) is 6.10 Å². The molecule has 0 fully saturated rings. The van der Waals surface area contributed by atoms with Crippen LogP contribution < -0.4 is 4.89 Å². The summed E-state index contributed by atoms with van der Waals surface area (Å²) in [5.41, 5.74) is 0. The quantitative estimate of drug-likeness (QED) is 0.0197. The van der Waals surface area contributed by atoms with E-state index in [1.165, 1.54) is 141 Å². The number of hydrogen-bond donors (Lipinski definition) is 0. The molecule has 0 bridgehead atoms. The summed E-state index contributed by atoms with van der Waals surface area (Å²) in [5, 5.41) is 0. The molecule has 0 aliphatic heterocycles. The Kier molecular flexibility index (Phi) is 38.3. The Balaban J connectivity index is 4.30. The first kappa shape index (κ1) is 54.8. The molecular weight excluding hydrogens is 725 g/mol. The maximum absolute atomic E-state index is 12.7. The molecule has 56 heavy (non-hydrogen) atoms. The highest BCUT2D eigenvalue weighted by Crippen LogP contribution is 2.38. The van der Waals surface area contributed by atoms with Gasteiger partial charge >= 0.3 is 11.9 Å². The molecule has 0 radical (unpaired) electrons. The Morgan fingerprint density at radius 1 is 0.536 bits per heavy atom. The van der Waals surface area contributed by atoms with Crippen LogP contribution in [0.2, 0.25) is 0 Å². The number of unbranched alkanes of at least 4 members (excludes halogenated alkanes) is 27. The molecule has 9 nitrogen and oxygen atoms in total. The third-order valence-corrected chi connectivity index (χ3v) is 11.2. The number of quaternary nitrogens is 1. The summed E-state index contributed by atoms with van der Waals surface area (Å²) in [6.45, 7) is 4.24. The van der Waals surface area contributed by atoms with Gasteiger partial charge in [-0.2, -0.15) is 0 Å². The second-order valence-electron chi connectivity index (χ2n) is 17.1. The molecule has 332 valence electrons. The van der Waals surface area contributed by atoms with Crippen LogP contribution >= 0.6 is 7.82 Å². The number of phosphoric acid groups is 1. The van der Waals surface area contributed by atoms with Gasteiger partial charge in [-0.15, -0.1) is 0 Å². The van der Waals surface area contributed by atoms with Crippen LogP contribution in [-0.2, 0) is 32.7 Å². The van der Waals surface area contributed by atoms with Crippen molar-refractivity contribution in [1.29, 1.82) is 0 Å². The van der Waals surface area contributed by atoms with Crippen LogP contribution in [0.5, 0.6) is 0 Å². The standard InChI is InChI=1S/C46H90NO8P/c1-6-8-10-12-14-16-18-20-22-23-25-26-28-30-32-34-36-38-45(48)52-42-44(43-54-56(50,51)53-41-40-47(3,4)5)55-46(49)39-37-35-33-31-29-27-24-21-19-17-15-13-11-9-7-2/h27,29,44H,6-26,28,30-43H2,1-5H3/b29-27-/t44-/m1/s1. The summed E-state index contributed by atoms with van der Waals surface area (Å²) in [6, 6.07) is 0. The normalized spacial score (nSPS) is 13.6. The van der Waals surface area contributed by atoms with Crippen LogP contribution in [0.15, 0.2) is 12.2 Å². The van der Waals surface area contributed by atoms with E-state index in [0.717, 1.165) is 44.9 Å². The minimum absolute atomic E-state index is 0.0303. The molecule has 0 saturated carbocycles. The van der Waals surface area contributed by atoms with E-state index in [2.05, 4.69) is 26.0 Å². The molecule has 0 saturated heterocycles. The van der Waals surface area contributed by atoms with E-state index >= 15 is 0 Å². The maximum Gasteiger partial charge on any atom is 0.306 e. The van der Waals surface area contributed by atoms with Crippen molar-refractivity contribution < 1.29 is 42.1 Å². The molecule has 2 atom stereocenters. The number of ether oxygens (including phenoxy) is 2. The number of carbonyl (C=O) groups excluding carboxylic acids is 2. The van der Waals surface area contributed by atoms with Gasteiger partial charge in [-0.05, 0) is 38.5 Å². The van der Waals surface area contributed by atoms with E-state index in [1.54, 1.807) is 0 Å². The Labute approximate surface area is 346 Å². The summed E-state index contributed by atoms with van der Waals surface area (Å²) in [4.78, 5) is 37.6. The third-order valence-electron chi connectivity index (χ3n) is 10.3. The number of nitrogens with zero attached hydrogens (tertiary/aromatic N) is 1. The van der Waals surface area contributed by atoms with Crippen LogP contribution in [0, 0.1) is 0 Å². The molecule has 0 aliphatic carbocycles. The van der Waals surface area contributed by atoms with E-state index < -0.39 is 26.5 Å². The number of esters is 2. The predicted octanol–water partition coefficient (Wildman–Crippen LogP) is 12.7. The molecule has 0 spiro atoms. The van der Waals surface area contributed by atoms with Crippen LogP contribution in [-0.4, -0.2) is 70.0 Å². The van der Waals surface area contributed by atoms with Crippen molar-refractivity contribution in [2.24, 2.45) is 0 Å². The first-order chi connectivity index (χ1) is 27.0. The highest BCUT2D eigenvalue weighted by Gasteiger charge is 2.21. The minimum Gasteiger partial charge on any atom is -0.756 e. The number of hydrogen-bond acceptors (Lipinski definition) is 8. The van der Waals surface area contributed by atoms with Gasteiger partial charge < -0.3 is 27.9 Å². The Hall–Kier alpha value is -1.25. The molecule has 0 aromatic carbocycles. The molecule has 0 N–H and O–H groups in total. The van der Waals surface area contributed by atoms with Gasteiger partial charge in [0.05, 0.1) is 27.7 Å². The molecule has 10 heteroatoms. The second kappa shape index (κ2) is 39.2. The maximum atomic E-state index is 12.7. The van der Waals surface area contributed by atoms with E-state index in [1.807, 2.05) is 21.1 Å². The Morgan fingerprint density at radius 2 is 0.911 bits per heavy atom. The predicted molar refractivity (Wildman–Crippen MR) is 231 cm³/mol. The zero-order valence-corrected chi connectivity index (χ0v) is 38.2. The van der Waals surface area contributed by atoms with E-state index in [0.29, 0.717) is 17.4 Å². The third kappa shape index (κ3) is 42.4. The van der Waals surface area contributed by atoms with Crippen molar-refractivity contribution in [2.75, 3.05) is 47.5 Å². The van der Waals surface area contributed by atoms with Crippen molar-refractivity contribution in [3.63, 3.8) is 0 Å². The molecule has 0 aromatic heterocycles. The van der Waals surface area contributed by atoms with Gasteiger partial charge in [-0.25, -0.2) is 0 Å². The fourth-order valence-corrected chi connectivity index (χ4v) is 7.32. The number of phosphoric ester groups is 1. The monoisotopic (exact) mass is 816 g/mol. The highest BCUT2D eigenvalue weighted by atomic mass is 31.2. The average molecular weight is 816 g/mol. The summed E-state index contributed by atoms with van der Waals surface area (Å²) in [5.74, 6) is -0.841. The average Bonchev–Trinajstić information content (AvgIpc) is 3.15. The first-order valence-electron chi connectivity index (χ1n) is 23.4. The fourth-order valence-electron chi connectivity index (χ4n) is 6.59. The molecule has 0 aromatic rings.